The molecule has 10 rings (SSSR count). The molecule has 0 atom stereocenters. The van der Waals surface area contributed by atoms with Gasteiger partial charge in [0.25, 0.3) is 0 Å². The number of nitrogens with zero attached hydrogens (tertiary/aromatic N) is 1. The summed E-state index contributed by atoms with van der Waals surface area (Å²) in [5.41, 5.74) is 10.6. The van der Waals surface area contributed by atoms with E-state index < -0.39 is 0 Å². The Hall–Kier alpha value is -6.48. The molecule has 0 aliphatic rings. The van der Waals surface area contributed by atoms with Crippen LogP contribution in [0.5, 0.6) is 0 Å². The summed E-state index contributed by atoms with van der Waals surface area (Å²) in [6.45, 7) is 0. The molecule has 0 spiro atoms. The van der Waals surface area contributed by atoms with Crippen LogP contribution in [0.25, 0.3) is 75.1 Å². The highest BCUT2D eigenvalue weighted by Gasteiger charge is 2.18. The van der Waals surface area contributed by atoms with Crippen molar-refractivity contribution in [3.8, 4) is 33.4 Å². The zero-order valence-electron chi connectivity index (χ0n) is 28.4. The summed E-state index contributed by atoms with van der Waals surface area (Å²) >= 11 is 1.88. The average molecular weight is 680 g/mol. The fraction of sp³-hybridized carbons (Fsp3) is 0. The molecule has 2 heteroatoms. The second kappa shape index (κ2) is 12.7. The van der Waals surface area contributed by atoms with Crippen molar-refractivity contribution in [2.24, 2.45) is 0 Å². The number of hydrogen-bond acceptors (Lipinski definition) is 2. The Morgan fingerprint density at radius 2 is 0.712 bits per heavy atom. The van der Waals surface area contributed by atoms with Crippen molar-refractivity contribution in [1.29, 1.82) is 0 Å². The smallest absolute Gasteiger partial charge is 0.0467 e. The Morgan fingerprint density at radius 3 is 1.29 bits per heavy atom. The lowest BCUT2D eigenvalue weighted by Gasteiger charge is -2.27. The molecule has 0 saturated carbocycles. The summed E-state index contributed by atoms with van der Waals surface area (Å²) in [7, 11) is 0. The van der Waals surface area contributed by atoms with Gasteiger partial charge in [0, 0.05) is 37.2 Å². The van der Waals surface area contributed by atoms with E-state index in [-0.39, 0.29) is 0 Å². The van der Waals surface area contributed by atoms with Gasteiger partial charge in [0.1, 0.15) is 0 Å². The summed E-state index contributed by atoms with van der Waals surface area (Å²) in [6.07, 6.45) is 0. The lowest BCUT2D eigenvalue weighted by atomic mass is 9.96. The van der Waals surface area contributed by atoms with E-state index in [0.29, 0.717) is 0 Å². The molecule has 0 radical (unpaired) electrons. The molecule has 1 aromatic heterocycles. The van der Waals surface area contributed by atoms with E-state index in [4.69, 9.17) is 0 Å². The van der Waals surface area contributed by atoms with E-state index in [1.165, 1.54) is 75.1 Å². The largest absolute Gasteiger partial charge is 0.310 e. The van der Waals surface area contributed by atoms with Crippen molar-refractivity contribution in [3.05, 3.63) is 200 Å². The third kappa shape index (κ3) is 5.24. The SMILES string of the molecule is c1cc(-c2cccc3ccccc23)cc(N(c2cccc(-c3cccc4ccccc34)c2)c2cccc(-c3cccc4c3sc3ccccc34)c2)c1. The van der Waals surface area contributed by atoms with E-state index in [1.807, 2.05) is 11.3 Å². The van der Waals surface area contributed by atoms with Crippen molar-refractivity contribution >= 4 is 70.1 Å². The molecule has 9 aromatic carbocycles. The molecule has 244 valence electrons. The lowest BCUT2D eigenvalue weighted by molar-refractivity contribution is 1.28. The van der Waals surface area contributed by atoms with Gasteiger partial charge in [-0.15, -0.1) is 11.3 Å². The molecule has 52 heavy (non-hydrogen) atoms. The van der Waals surface area contributed by atoms with Gasteiger partial charge < -0.3 is 4.90 Å². The molecule has 0 unspecified atom stereocenters. The van der Waals surface area contributed by atoms with Crippen molar-refractivity contribution in [3.63, 3.8) is 0 Å². The number of hydrogen-bond donors (Lipinski definition) is 0. The van der Waals surface area contributed by atoms with Crippen molar-refractivity contribution in [2.45, 2.75) is 0 Å². The van der Waals surface area contributed by atoms with Crippen molar-refractivity contribution < 1.29 is 0 Å². The maximum atomic E-state index is 2.41. The summed E-state index contributed by atoms with van der Waals surface area (Å²) in [5, 5.41) is 7.63. The zero-order chi connectivity index (χ0) is 34.4. The molecule has 0 amide bonds. The van der Waals surface area contributed by atoms with Gasteiger partial charge in [-0.2, -0.15) is 0 Å². The summed E-state index contributed by atoms with van der Waals surface area (Å²) in [4.78, 5) is 2.41. The highest BCUT2D eigenvalue weighted by molar-refractivity contribution is 7.26. The van der Waals surface area contributed by atoms with E-state index in [9.17, 15) is 0 Å². The molecule has 0 aliphatic heterocycles. The Morgan fingerprint density at radius 1 is 0.308 bits per heavy atom. The van der Waals surface area contributed by atoms with Crippen molar-refractivity contribution in [2.75, 3.05) is 4.90 Å². The van der Waals surface area contributed by atoms with Crippen LogP contribution in [0.15, 0.2) is 200 Å². The Bertz CT molecular complexity index is 2800. The van der Waals surface area contributed by atoms with Gasteiger partial charge in [-0.05, 0) is 97.4 Å². The van der Waals surface area contributed by atoms with Gasteiger partial charge in [0.05, 0.1) is 0 Å². The molecule has 1 nitrogen and oxygen atoms in total. The minimum absolute atomic E-state index is 1.11. The van der Waals surface area contributed by atoms with E-state index in [1.54, 1.807) is 0 Å². The molecule has 0 N–H and O–H groups in total. The van der Waals surface area contributed by atoms with Gasteiger partial charge >= 0.3 is 0 Å². The number of thiophene rings is 1. The Balaban J connectivity index is 1.17. The van der Waals surface area contributed by atoms with Crippen LogP contribution in [0.2, 0.25) is 0 Å². The zero-order valence-corrected chi connectivity index (χ0v) is 29.2. The molecule has 0 aliphatic carbocycles. The predicted molar refractivity (Wildman–Crippen MR) is 225 cm³/mol. The third-order valence-corrected chi connectivity index (χ3v) is 11.4. The van der Waals surface area contributed by atoms with E-state index in [0.717, 1.165) is 17.1 Å². The highest BCUT2D eigenvalue weighted by atomic mass is 32.1. The fourth-order valence-electron chi connectivity index (χ4n) is 7.81. The minimum Gasteiger partial charge on any atom is -0.310 e. The Kier molecular flexibility index (Phi) is 7.41. The fourth-order valence-corrected chi connectivity index (χ4v) is 9.05. The van der Waals surface area contributed by atoms with Gasteiger partial charge in [-0.25, -0.2) is 0 Å². The second-order valence-electron chi connectivity index (χ2n) is 13.3. The van der Waals surface area contributed by atoms with E-state index in [2.05, 4.69) is 205 Å². The van der Waals surface area contributed by atoms with Gasteiger partial charge in [-0.1, -0.05) is 158 Å². The first-order valence-corrected chi connectivity index (χ1v) is 18.6. The van der Waals surface area contributed by atoms with E-state index >= 15 is 0 Å². The van der Waals surface area contributed by atoms with Crippen LogP contribution in [0, 0.1) is 0 Å². The number of fused-ring (bicyclic) bond motifs is 5. The summed E-state index contributed by atoms with van der Waals surface area (Å²) < 4.78 is 2.64. The van der Waals surface area contributed by atoms with Crippen LogP contribution in [0.3, 0.4) is 0 Å². The second-order valence-corrected chi connectivity index (χ2v) is 14.4. The average Bonchev–Trinajstić information content (AvgIpc) is 3.60. The first kappa shape index (κ1) is 30.4. The van der Waals surface area contributed by atoms with Gasteiger partial charge in [-0.3, -0.25) is 0 Å². The quantitative estimate of drug-likeness (QED) is 0.169. The maximum Gasteiger partial charge on any atom is 0.0467 e. The maximum absolute atomic E-state index is 2.41. The Labute approximate surface area is 307 Å². The van der Waals surface area contributed by atoms with Crippen molar-refractivity contribution in [1.82, 2.24) is 0 Å². The number of rotatable bonds is 6. The van der Waals surface area contributed by atoms with Crippen LogP contribution >= 0.6 is 11.3 Å². The van der Waals surface area contributed by atoms with Crippen LogP contribution in [0.1, 0.15) is 0 Å². The molecule has 0 fully saturated rings. The lowest BCUT2D eigenvalue weighted by Crippen LogP contribution is -2.10. The molecule has 1 heterocycles. The van der Waals surface area contributed by atoms with Crippen LogP contribution in [-0.2, 0) is 0 Å². The highest BCUT2D eigenvalue weighted by Crippen LogP contribution is 2.44. The molecule has 10 aromatic rings. The standard InChI is InChI=1S/C50H33NS/c1-3-23-42-34(13-1)15-10-26-44(42)36-17-7-20-39(31-36)51(40-21-8-18-37(32-40)45-27-11-16-35-14-2-4-24-43(35)45)41-22-9-19-38(33-41)46-28-12-29-48-47-25-5-6-30-49(47)52-50(46)48/h1-33H. The molecular formula is C50H33NS. The minimum atomic E-state index is 1.11. The summed E-state index contributed by atoms with van der Waals surface area (Å²) in [5.74, 6) is 0. The first-order valence-electron chi connectivity index (χ1n) is 17.8. The monoisotopic (exact) mass is 679 g/mol. The molecule has 0 bridgehead atoms. The first-order chi connectivity index (χ1) is 25.8. The molecular weight excluding hydrogens is 647 g/mol. The number of anilines is 3. The normalized spacial score (nSPS) is 11.5. The summed E-state index contributed by atoms with van der Waals surface area (Å²) in [6, 6.07) is 73.0. The molecule has 0 saturated heterocycles. The van der Waals surface area contributed by atoms with Crippen LogP contribution < -0.4 is 4.90 Å². The predicted octanol–water partition coefficient (Wildman–Crippen LogP) is 14.8. The van der Waals surface area contributed by atoms with Crippen LogP contribution in [0.4, 0.5) is 17.1 Å². The van der Waals surface area contributed by atoms with Gasteiger partial charge in [0.2, 0.25) is 0 Å². The topological polar surface area (TPSA) is 3.24 Å². The van der Waals surface area contributed by atoms with Crippen LogP contribution in [-0.4, -0.2) is 0 Å². The number of benzene rings is 9. The third-order valence-electron chi connectivity index (χ3n) is 10.2. The van der Waals surface area contributed by atoms with Gasteiger partial charge in [0.15, 0.2) is 0 Å².